The summed E-state index contributed by atoms with van der Waals surface area (Å²) in [6.07, 6.45) is 5.57. The van der Waals surface area contributed by atoms with Crippen LogP contribution in [-0.2, 0) is 15.8 Å². The number of piperidine rings is 1. The number of benzene rings is 2. The van der Waals surface area contributed by atoms with Crippen molar-refractivity contribution in [2.75, 3.05) is 23.1 Å². The molecule has 0 aliphatic carbocycles. The van der Waals surface area contributed by atoms with Gasteiger partial charge in [-0.25, -0.2) is 23.4 Å². The third kappa shape index (κ3) is 6.64. The number of hydrogen-bond acceptors (Lipinski definition) is 8. The lowest BCUT2D eigenvalue weighted by atomic mass is 10.1. The highest BCUT2D eigenvalue weighted by Gasteiger charge is 2.17. The molecule has 10 heteroatoms. The van der Waals surface area contributed by atoms with E-state index in [1.54, 1.807) is 42.7 Å². The van der Waals surface area contributed by atoms with E-state index in [9.17, 15) is 8.42 Å². The summed E-state index contributed by atoms with van der Waals surface area (Å²) < 4.78 is 34.1. The van der Waals surface area contributed by atoms with Crippen molar-refractivity contribution in [1.29, 1.82) is 0 Å². The standard InChI is InChI=1S/C28H30N6O3S/c1-20-17-22(34-38(35,36)19-21-7-3-2-4-8-21)11-12-26(20)37-27-24(10-6-15-30-27)25-13-16-31-28(33-25)32-23-9-5-14-29-18-23/h2-4,6-8,10-13,15-17,23,29,34H,5,9,14,18-19H2,1H3,(H,31,32,33)/t23-/m0/s1. The van der Waals surface area contributed by atoms with E-state index in [0.717, 1.165) is 42.6 Å². The molecule has 1 aliphatic heterocycles. The summed E-state index contributed by atoms with van der Waals surface area (Å²) in [6, 6.07) is 20.1. The molecule has 1 saturated heterocycles. The molecule has 1 atom stereocenters. The Bertz CT molecular complexity index is 1490. The number of ether oxygens (including phenoxy) is 1. The minimum Gasteiger partial charge on any atom is -0.438 e. The molecule has 5 rings (SSSR count). The molecule has 4 aromatic rings. The molecule has 0 saturated carbocycles. The van der Waals surface area contributed by atoms with Crippen molar-refractivity contribution in [3.05, 3.63) is 90.3 Å². The second kappa shape index (κ2) is 11.6. The van der Waals surface area contributed by atoms with Crippen molar-refractivity contribution < 1.29 is 13.2 Å². The van der Waals surface area contributed by atoms with Gasteiger partial charge in [0, 0.05) is 30.7 Å². The molecule has 2 aromatic carbocycles. The first-order valence-electron chi connectivity index (χ1n) is 12.5. The summed E-state index contributed by atoms with van der Waals surface area (Å²) in [7, 11) is -3.56. The van der Waals surface area contributed by atoms with Gasteiger partial charge in [-0.3, -0.25) is 4.72 Å². The first-order valence-corrected chi connectivity index (χ1v) is 14.2. The van der Waals surface area contributed by atoms with Crippen molar-refractivity contribution in [2.24, 2.45) is 0 Å². The van der Waals surface area contributed by atoms with Gasteiger partial charge in [0.1, 0.15) is 5.75 Å². The average molecular weight is 531 g/mol. The van der Waals surface area contributed by atoms with Crippen LogP contribution in [0.3, 0.4) is 0 Å². The molecule has 3 heterocycles. The second-order valence-electron chi connectivity index (χ2n) is 9.24. The minimum absolute atomic E-state index is 0.102. The van der Waals surface area contributed by atoms with E-state index in [0.29, 0.717) is 29.0 Å². The smallest absolute Gasteiger partial charge is 0.236 e. The second-order valence-corrected chi connectivity index (χ2v) is 11.0. The van der Waals surface area contributed by atoms with E-state index in [4.69, 9.17) is 9.72 Å². The normalized spacial score (nSPS) is 15.6. The Hall–Kier alpha value is -4.02. The van der Waals surface area contributed by atoms with Gasteiger partial charge in [-0.2, -0.15) is 0 Å². The van der Waals surface area contributed by atoms with Crippen LogP contribution in [0.15, 0.2) is 79.1 Å². The van der Waals surface area contributed by atoms with Crippen molar-refractivity contribution in [2.45, 2.75) is 31.6 Å². The summed E-state index contributed by atoms with van der Waals surface area (Å²) in [5.74, 6) is 1.43. The molecule has 0 unspecified atom stereocenters. The number of sulfonamides is 1. The maximum absolute atomic E-state index is 12.6. The molecule has 0 bridgehead atoms. The van der Waals surface area contributed by atoms with Crippen LogP contribution in [0.4, 0.5) is 11.6 Å². The summed E-state index contributed by atoms with van der Waals surface area (Å²) in [5.41, 5.74) is 3.37. The maximum Gasteiger partial charge on any atom is 0.236 e. The van der Waals surface area contributed by atoms with Crippen LogP contribution in [0.2, 0.25) is 0 Å². The van der Waals surface area contributed by atoms with Crippen LogP contribution in [0.1, 0.15) is 24.0 Å². The highest BCUT2D eigenvalue weighted by molar-refractivity contribution is 7.91. The third-order valence-electron chi connectivity index (χ3n) is 6.19. The third-order valence-corrected chi connectivity index (χ3v) is 7.45. The molecule has 3 N–H and O–H groups in total. The Morgan fingerprint density at radius 2 is 1.89 bits per heavy atom. The average Bonchev–Trinajstić information content (AvgIpc) is 2.91. The lowest BCUT2D eigenvalue weighted by molar-refractivity contribution is 0.461. The van der Waals surface area contributed by atoms with Crippen LogP contribution in [-0.4, -0.2) is 42.5 Å². The van der Waals surface area contributed by atoms with E-state index in [1.807, 2.05) is 43.3 Å². The van der Waals surface area contributed by atoms with Gasteiger partial charge in [0.05, 0.1) is 17.0 Å². The first-order chi connectivity index (χ1) is 18.4. The minimum atomic E-state index is -3.56. The Kier molecular flexibility index (Phi) is 7.81. The molecule has 2 aromatic heterocycles. The zero-order valence-corrected chi connectivity index (χ0v) is 21.9. The van der Waals surface area contributed by atoms with Crippen LogP contribution >= 0.6 is 0 Å². The predicted molar refractivity (Wildman–Crippen MR) is 149 cm³/mol. The van der Waals surface area contributed by atoms with Crippen molar-refractivity contribution >= 4 is 21.7 Å². The SMILES string of the molecule is Cc1cc(NS(=O)(=O)Cc2ccccc2)ccc1Oc1ncccc1-c1ccnc(N[C@H]2CCCNC2)n1. The zero-order valence-electron chi connectivity index (χ0n) is 21.1. The van der Waals surface area contributed by atoms with E-state index >= 15 is 0 Å². The fourth-order valence-electron chi connectivity index (χ4n) is 4.34. The Balaban J connectivity index is 1.31. The largest absolute Gasteiger partial charge is 0.438 e. The summed E-state index contributed by atoms with van der Waals surface area (Å²) in [5, 5.41) is 6.79. The fraction of sp³-hybridized carbons (Fsp3) is 0.250. The summed E-state index contributed by atoms with van der Waals surface area (Å²) in [6.45, 7) is 3.78. The lowest BCUT2D eigenvalue weighted by Crippen LogP contribution is -2.38. The van der Waals surface area contributed by atoms with Crippen molar-refractivity contribution in [3.8, 4) is 22.9 Å². The van der Waals surface area contributed by atoms with Crippen molar-refractivity contribution in [1.82, 2.24) is 20.3 Å². The number of nitrogens with one attached hydrogen (secondary N) is 3. The Morgan fingerprint density at radius 1 is 1.03 bits per heavy atom. The maximum atomic E-state index is 12.6. The Labute approximate surface area is 222 Å². The monoisotopic (exact) mass is 530 g/mol. The molecule has 0 spiro atoms. The topological polar surface area (TPSA) is 118 Å². The molecular formula is C28H30N6O3S. The van der Waals surface area contributed by atoms with E-state index in [2.05, 4.69) is 25.3 Å². The van der Waals surface area contributed by atoms with Gasteiger partial charge in [0.2, 0.25) is 21.9 Å². The number of aromatic nitrogens is 3. The number of anilines is 2. The molecule has 0 amide bonds. The van der Waals surface area contributed by atoms with E-state index in [1.165, 1.54) is 0 Å². The van der Waals surface area contributed by atoms with Gasteiger partial charge >= 0.3 is 0 Å². The molecular weight excluding hydrogens is 500 g/mol. The molecule has 0 radical (unpaired) electrons. The van der Waals surface area contributed by atoms with Crippen LogP contribution in [0, 0.1) is 6.92 Å². The molecule has 1 fully saturated rings. The molecule has 196 valence electrons. The molecule has 1 aliphatic rings. The summed E-state index contributed by atoms with van der Waals surface area (Å²) >= 11 is 0. The first kappa shape index (κ1) is 25.6. The number of aryl methyl sites for hydroxylation is 1. The zero-order chi connectivity index (χ0) is 26.4. The van der Waals surface area contributed by atoms with E-state index in [-0.39, 0.29) is 11.8 Å². The van der Waals surface area contributed by atoms with Gasteiger partial charge in [-0.15, -0.1) is 0 Å². The Morgan fingerprint density at radius 3 is 2.68 bits per heavy atom. The van der Waals surface area contributed by atoms with Gasteiger partial charge in [-0.05, 0) is 73.8 Å². The quantitative estimate of drug-likeness (QED) is 0.284. The van der Waals surface area contributed by atoms with Crippen LogP contribution < -0.4 is 20.1 Å². The van der Waals surface area contributed by atoms with Gasteiger partial charge in [0.15, 0.2) is 0 Å². The highest BCUT2D eigenvalue weighted by atomic mass is 32.2. The molecule has 9 nitrogen and oxygen atoms in total. The van der Waals surface area contributed by atoms with Crippen LogP contribution in [0.5, 0.6) is 11.6 Å². The number of hydrogen-bond donors (Lipinski definition) is 3. The molecule has 38 heavy (non-hydrogen) atoms. The number of rotatable bonds is 9. The summed E-state index contributed by atoms with van der Waals surface area (Å²) in [4.78, 5) is 13.5. The predicted octanol–water partition coefficient (Wildman–Crippen LogP) is 4.75. The van der Waals surface area contributed by atoms with Crippen molar-refractivity contribution in [3.63, 3.8) is 0 Å². The lowest BCUT2D eigenvalue weighted by Gasteiger charge is -2.23. The highest BCUT2D eigenvalue weighted by Crippen LogP contribution is 2.33. The van der Waals surface area contributed by atoms with Gasteiger partial charge in [-0.1, -0.05) is 30.3 Å². The number of nitrogens with zero attached hydrogens (tertiary/aromatic N) is 3. The van der Waals surface area contributed by atoms with E-state index < -0.39 is 10.0 Å². The van der Waals surface area contributed by atoms with Gasteiger partial charge < -0.3 is 15.4 Å². The fourth-order valence-corrected chi connectivity index (χ4v) is 5.53. The van der Waals surface area contributed by atoms with Gasteiger partial charge in [0.25, 0.3) is 0 Å². The number of pyridine rings is 1. The van der Waals surface area contributed by atoms with Crippen LogP contribution in [0.25, 0.3) is 11.3 Å².